The molecule has 1 amide bonds. The molecule has 8 nitrogen and oxygen atoms in total. The molecule has 9 heteroatoms. The van der Waals surface area contributed by atoms with Gasteiger partial charge < -0.3 is 24.2 Å². The van der Waals surface area contributed by atoms with E-state index in [4.69, 9.17) is 25.8 Å². The summed E-state index contributed by atoms with van der Waals surface area (Å²) in [5, 5.41) is 18.6. The lowest BCUT2D eigenvalue weighted by molar-refractivity contribution is 0.0723. The molecule has 2 heterocycles. The van der Waals surface area contributed by atoms with E-state index in [1.54, 1.807) is 24.1 Å². The normalized spacial score (nSPS) is 14.9. The highest BCUT2D eigenvalue weighted by atomic mass is 35.5. The van der Waals surface area contributed by atoms with Crippen molar-refractivity contribution in [1.29, 1.82) is 0 Å². The summed E-state index contributed by atoms with van der Waals surface area (Å²) in [5.41, 5.74) is 3.65. The SMILES string of the molecule is CCCOc1ccc(C2c3c(-c4cc(Cl)c(C)cc4O)n[nH]c3C(=O)N2CCCOC)cc1OCC. The van der Waals surface area contributed by atoms with Gasteiger partial charge in [-0.1, -0.05) is 24.6 Å². The van der Waals surface area contributed by atoms with Crippen LogP contribution in [0.4, 0.5) is 0 Å². The second-order valence-corrected chi connectivity index (χ2v) is 9.12. The van der Waals surface area contributed by atoms with Crippen LogP contribution in [0.5, 0.6) is 17.2 Å². The molecule has 2 N–H and O–H groups in total. The second-order valence-electron chi connectivity index (χ2n) is 8.71. The fourth-order valence-electron chi connectivity index (χ4n) is 4.51. The molecule has 0 bridgehead atoms. The highest BCUT2D eigenvalue weighted by Gasteiger charge is 2.42. The van der Waals surface area contributed by atoms with Crippen molar-refractivity contribution in [3.05, 3.63) is 57.7 Å². The summed E-state index contributed by atoms with van der Waals surface area (Å²) in [6.45, 7) is 7.85. The van der Waals surface area contributed by atoms with Gasteiger partial charge in [0.25, 0.3) is 5.91 Å². The Kier molecular flexibility index (Phi) is 8.06. The molecule has 0 spiro atoms. The molecule has 1 unspecified atom stereocenters. The molecule has 0 saturated heterocycles. The number of methoxy groups -OCH3 is 1. The van der Waals surface area contributed by atoms with E-state index in [1.165, 1.54) is 0 Å². The van der Waals surface area contributed by atoms with E-state index >= 15 is 0 Å². The lowest BCUT2D eigenvalue weighted by Crippen LogP contribution is -2.31. The molecule has 0 saturated carbocycles. The number of fused-ring (bicyclic) bond motifs is 1. The third-order valence-corrected chi connectivity index (χ3v) is 6.60. The summed E-state index contributed by atoms with van der Waals surface area (Å²) in [7, 11) is 1.64. The smallest absolute Gasteiger partial charge is 0.273 e. The number of H-pyrrole nitrogens is 1. The van der Waals surface area contributed by atoms with Gasteiger partial charge in [0.1, 0.15) is 17.1 Å². The van der Waals surface area contributed by atoms with Crippen molar-refractivity contribution in [2.75, 3.05) is 33.5 Å². The minimum Gasteiger partial charge on any atom is -0.507 e. The topological polar surface area (TPSA) is 96.9 Å². The maximum Gasteiger partial charge on any atom is 0.273 e. The van der Waals surface area contributed by atoms with Crippen LogP contribution in [0.15, 0.2) is 30.3 Å². The number of amides is 1. The third kappa shape index (κ3) is 4.88. The summed E-state index contributed by atoms with van der Waals surface area (Å²) in [6, 6.07) is 8.59. The number of hydrogen-bond acceptors (Lipinski definition) is 6. The number of carbonyl (C=O) groups is 1. The highest BCUT2D eigenvalue weighted by Crippen LogP contribution is 2.46. The Bertz CT molecular complexity index is 1240. The molecule has 1 atom stereocenters. The van der Waals surface area contributed by atoms with Crippen LogP contribution in [0, 0.1) is 6.92 Å². The van der Waals surface area contributed by atoms with E-state index in [2.05, 4.69) is 10.2 Å². The van der Waals surface area contributed by atoms with E-state index in [9.17, 15) is 9.90 Å². The van der Waals surface area contributed by atoms with Gasteiger partial charge >= 0.3 is 0 Å². The number of phenolic OH excluding ortho intramolecular Hbond substituents is 1. The van der Waals surface area contributed by atoms with Gasteiger partial charge in [0.05, 0.1) is 19.3 Å². The number of phenols is 1. The summed E-state index contributed by atoms with van der Waals surface area (Å²) < 4.78 is 17.0. The van der Waals surface area contributed by atoms with E-state index < -0.39 is 6.04 Å². The number of aromatic hydroxyl groups is 1. The lowest BCUT2D eigenvalue weighted by Gasteiger charge is -2.27. The summed E-state index contributed by atoms with van der Waals surface area (Å²) in [4.78, 5) is 15.3. The Morgan fingerprint density at radius 3 is 2.67 bits per heavy atom. The van der Waals surface area contributed by atoms with Crippen LogP contribution in [0.2, 0.25) is 5.02 Å². The van der Waals surface area contributed by atoms with E-state index in [1.807, 2.05) is 39.0 Å². The number of ether oxygens (including phenoxy) is 3. The first-order chi connectivity index (χ1) is 17.4. The van der Waals surface area contributed by atoms with Crippen molar-refractivity contribution in [2.24, 2.45) is 0 Å². The van der Waals surface area contributed by atoms with Gasteiger partial charge in [-0.3, -0.25) is 9.89 Å². The van der Waals surface area contributed by atoms with Crippen molar-refractivity contribution >= 4 is 17.5 Å². The number of aryl methyl sites for hydroxylation is 1. The Morgan fingerprint density at radius 1 is 1.14 bits per heavy atom. The van der Waals surface area contributed by atoms with Crippen LogP contribution in [0.3, 0.4) is 0 Å². The molecule has 192 valence electrons. The van der Waals surface area contributed by atoms with Crippen molar-refractivity contribution in [3.8, 4) is 28.5 Å². The fraction of sp³-hybridized carbons (Fsp3) is 0.407. The average Bonchev–Trinajstić information content (AvgIpc) is 3.40. The largest absolute Gasteiger partial charge is 0.507 e. The first kappa shape index (κ1) is 25.9. The summed E-state index contributed by atoms with van der Waals surface area (Å²) >= 11 is 6.39. The van der Waals surface area contributed by atoms with Crippen molar-refractivity contribution in [2.45, 2.75) is 39.7 Å². The standard InChI is InChI=1S/C27H32ClN3O5/c1-5-11-36-21-9-8-17(14-22(21)35-6-2)26-23-24(18-15-19(28)16(3)13-20(18)32)29-30-25(23)27(33)31(26)10-7-12-34-4/h8-9,13-15,26,32H,5-7,10-12H2,1-4H3,(H,29,30). The molecular weight excluding hydrogens is 482 g/mol. The monoisotopic (exact) mass is 513 g/mol. The fourth-order valence-corrected chi connectivity index (χ4v) is 4.67. The summed E-state index contributed by atoms with van der Waals surface area (Å²) in [5.74, 6) is 1.17. The van der Waals surface area contributed by atoms with E-state index in [0.29, 0.717) is 71.8 Å². The Morgan fingerprint density at radius 2 is 1.94 bits per heavy atom. The number of nitrogens with zero attached hydrogens (tertiary/aromatic N) is 2. The molecule has 1 aliphatic rings. The first-order valence-corrected chi connectivity index (χ1v) is 12.6. The van der Waals surface area contributed by atoms with E-state index in [-0.39, 0.29) is 11.7 Å². The quantitative estimate of drug-likeness (QED) is 0.328. The Balaban J connectivity index is 1.85. The van der Waals surface area contributed by atoms with E-state index in [0.717, 1.165) is 17.5 Å². The minimum absolute atomic E-state index is 0.0496. The number of benzene rings is 2. The van der Waals surface area contributed by atoms with Gasteiger partial charge in [0.15, 0.2) is 11.5 Å². The zero-order valence-electron chi connectivity index (χ0n) is 21.1. The zero-order valence-corrected chi connectivity index (χ0v) is 21.8. The predicted octanol–water partition coefficient (Wildman–Crippen LogP) is 5.51. The van der Waals surface area contributed by atoms with Crippen molar-refractivity contribution in [1.82, 2.24) is 15.1 Å². The van der Waals surface area contributed by atoms with Crippen LogP contribution in [-0.4, -0.2) is 59.6 Å². The van der Waals surface area contributed by atoms with Crippen molar-refractivity contribution < 1.29 is 24.1 Å². The number of halogens is 1. The molecule has 36 heavy (non-hydrogen) atoms. The number of rotatable bonds is 11. The number of aromatic amines is 1. The third-order valence-electron chi connectivity index (χ3n) is 6.19. The molecule has 0 radical (unpaired) electrons. The first-order valence-electron chi connectivity index (χ1n) is 12.2. The molecule has 3 aromatic rings. The van der Waals surface area contributed by atoms with Gasteiger partial charge in [-0.2, -0.15) is 5.10 Å². The van der Waals surface area contributed by atoms with Gasteiger partial charge in [-0.05, 0) is 62.1 Å². The maximum absolute atomic E-state index is 13.5. The molecule has 1 aromatic heterocycles. The number of aromatic nitrogens is 2. The van der Waals surface area contributed by atoms with Crippen LogP contribution >= 0.6 is 11.6 Å². The lowest BCUT2D eigenvalue weighted by atomic mass is 9.95. The molecule has 0 aliphatic carbocycles. The number of carbonyl (C=O) groups excluding carboxylic acids is 1. The predicted molar refractivity (Wildman–Crippen MR) is 138 cm³/mol. The summed E-state index contributed by atoms with van der Waals surface area (Å²) in [6.07, 6.45) is 1.55. The molecule has 2 aromatic carbocycles. The Hall–Kier alpha value is -3.23. The molecule has 1 aliphatic heterocycles. The maximum atomic E-state index is 13.5. The van der Waals surface area contributed by atoms with Crippen LogP contribution in [-0.2, 0) is 4.74 Å². The van der Waals surface area contributed by atoms with Gasteiger partial charge in [0, 0.05) is 36.4 Å². The van der Waals surface area contributed by atoms with Crippen LogP contribution in [0.25, 0.3) is 11.3 Å². The highest BCUT2D eigenvalue weighted by molar-refractivity contribution is 6.31. The van der Waals surface area contributed by atoms with Crippen LogP contribution in [0.1, 0.15) is 59.9 Å². The van der Waals surface area contributed by atoms with Gasteiger partial charge in [0.2, 0.25) is 0 Å². The number of nitrogens with one attached hydrogen (secondary N) is 1. The molecular formula is C27H32ClN3O5. The minimum atomic E-state index is -0.447. The van der Waals surface area contributed by atoms with Crippen LogP contribution < -0.4 is 9.47 Å². The molecule has 4 rings (SSSR count). The molecule has 0 fully saturated rings. The number of hydrogen-bond donors (Lipinski definition) is 2. The van der Waals surface area contributed by atoms with Crippen molar-refractivity contribution in [3.63, 3.8) is 0 Å². The second kappa shape index (κ2) is 11.2. The average molecular weight is 514 g/mol. The van der Waals surface area contributed by atoms with Gasteiger partial charge in [-0.15, -0.1) is 0 Å². The van der Waals surface area contributed by atoms with Gasteiger partial charge in [-0.25, -0.2) is 0 Å². The Labute approximate surface area is 216 Å². The zero-order chi connectivity index (χ0) is 25.8.